The molecular weight excluding hydrogens is 325 g/mol. The molecule has 0 bridgehead atoms. The van der Waals surface area contributed by atoms with E-state index in [0.717, 1.165) is 30.5 Å². The first-order valence-corrected chi connectivity index (χ1v) is 8.17. The molecule has 0 fully saturated rings. The Morgan fingerprint density at radius 2 is 1.79 bits per heavy atom. The van der Waals surface area contributed by atoms with Gasteiger partial charge in [-0.2, -0.15) is 0 Å². The van der Waals surface area contributed by atoms with Gasteiger partial charge in [0.2, 0.25) is 0 Å². The molecule has 0 aliphatic carbocycles. The molecule has 4 nitrogen and oxygen atoms in total. The lowest BCUT2D eigenvalue weighted by molar-refractivity contribution is 0.0977. The van der Waals surface area contributed by atoms with E-state index in [0.29, 0.717) is 0 Å². The van der Waals surface area contributed by atoms with Crippen LogP contribution in [-0.2, 0) is 0 Å². The van der Waals surface area contributed by atoms with Gasteiger partial charge in [-0.05, 0) is 68.5 Å². The van der Waals surface area contributed by atoms with Gasteiger partial charge >= 0.3 is 0 Å². The van der Waals surface area contributed by atoms with Crippen molar-refractivity contribution in [2.75, 3.05) is 23.3 Å². The van der Waals surface area contributed by atoms with Crippen LogP contribution in [0.25, 0.3) is 0 Å². The average Bonchev–Trinajstić information content (AvgIpc) is 2.57. The van der Waals surface area contributed by atoms with Crippen LogP contribution in [0.2, 0.25) is 0 Å². The molecule has 0 saturated carbocycles. The van der Waals surface area contributed by atoms with Crippen molar-refractivity contribution in [2.45, 2.75) is 13.8 Å². The number of anilines is 2. The first-order valence-electron chi connectivity index (χ1n) is 7.76. The Morgan fingerprint density at radius 1 is 1.12 bits per heavy atom. The van der Waals surface area contributed by atoms with Gasteiger partial charge in [-0.1, -0.05) is 6.07 Å². The number of nitrogens with one attached hydrogen (secondary N) is 2. The van der Waals surface area contributed by atoms with E-state index >= 15 is 0 Å². The molecule has 0 aliphatic rings. The van der Waals surface area contributed by atoms with E-state index in [9.17, 15) is 9.18 Å². The van der Waals surface area contributed by atoms with Gasteiger partial charge in [-0.15, -0.1) is 0 Å². The normalized spacial score (nSPS) is 10.1. The highest BCUT2D eigenvalue weighted by Crippen LogP contribution is 2.17. The summed E-state index contributed by atoms with van der Waals surface area (Å²) in [7, 11) is 0. The van der Waals surface area contributed by atoms with E-state index < -0.39 is 11.7 Å². The summed E-state index contributed by atoms with van der Waals surface area (Å²) >= 11 is 5.13. The summed E-state index contributed by atoms with van der Waals surface area (Å²) in [6.07, 6.45) is 0. The van der Waals surface area contributed by atoms with Crippen LogP contribution in [0.3, 0.4) is 0 Å². The number of hydrogen-bond donors (Lipinski definition) is 2. The monoisotopic (exact) mass is 345 g/mol. The molecule has 0 radical (unpaired) electrons. The minimum Gasteiger partial charge on any atom is -0.372 e. The molecule has 1 amide bonds. The zero-order valence-corrected chi connectivity index (χ0v) is 14.5. The third-order valence-electron chi connectivity index (χ3n) is 3.57. The molecule has 2 aromatic rings. The largest absolute Gasteiger partial charge is 0.372 e. The van der Waals surface area contributed by atoms with Crippen molar-refractivity contribution in [1.29, 1.82) is 0 Å². The van der Waals surface area contributed by atoms with Crippen molar-refractivity contribution in [1.82, 2.24) is 5.32 Å². The van der Waals surface area contributed by atoms with E-state index in [1.807, 2.05) is 24.3 Å². The Hall–Kier alpha value is -2.47. The third-order valence-corrected chi connectivity index (χ3v) is 3.77. The summed E-state index contributed by atoms with van der Waals surface area (Å²) in [5, 5.41) is 5.65. The summed E-state index contributed by atoms with van der Waals surface area (Å²) in [6, 6.07) is 13.2. The zero-order valence-electron chi connectivity index (χ0n) is 13.7. The van der Waals surface area contributed by atoms with Crippen LogP contribution in [-0.4, -0.2) is 24.1 Å². The average molecular weight is 345 g/mol. The summed E-state index contributed by atoms with van der Waals surface area (Å²) in [6.45, 7) is 6.08. The molecule has 2 rings (SSSR count). The Labute approximate surface area is 146 Å². The molecule has 0 aromatic heterocycles. The predicted octanol–water partition coefficient (Wildman–Crippen LogP) is 3.80. The van der Waals surface area contributed by atoms with Crippen LogP contribution in [0.1, 0.15) is 24.2 Å². The SMILES string of the molecule is CCN(CC)c1ccc(NC(=S)NC(=O)c2cccc(F)c2)cc1. The number of carbonyl (C=O) groups is 1. The van der Waals surface area contributed by atoms with Crippen LogP contribution in [0.4, 0.5) is 15.8 Å². The van der Waals surface area contributed by atoms with Gasteiger partial charge in [0.1, 0.15) is 5.82 Å². The topological polar surface area (TPSA) is 44.4 Å². The minimum atomic E-state index is -0.464. The van der Waals surface area contributed by atoms with Gasteiger partial charge in [0.25, 0.3) is 5.91 Å². The highest BCUT2D eigenvalue weighted by molar-refractivity contribution is 7.80. The molecule has 24 heavy (non-hydrogen) atoms. The van der Waals surface area contributed by atoms with Crippen LogP contribution in [0, 0.1) is 5.82 Å². The van der Waals surface area contributed by atoms with Gasteiger partial charge in [-0.3, -0.25) is 10.1 Å². The van der Waals surface area contributed by atoms with E-state index in [1.54, 1.807) is 0 Å². The number of rotatable bonds is 5. The minimum absolute atomic E-state index is 0.167. The molecule has 0 aliphatic heterocycles. The molecule has 0 heterocycles. The second-order valence-corrected chi connectivity index (χ2v) is 5.55. The maximum Gasteiger partial charge on any atom is 0.257 e. The Kier molecular flexibility index (Phi) is 6.26. The zero-order chi connectivity index (χ0) is 17.5. The smallest absolute Gasteiger partial charge is 0.257 e. The Morgan fingerprint density at radius 3 is 2.38 bits per heavy atom. The lowest BCUT2D eigenvalue weighted by Crippen LogP contribution is -2.34. The van der Waals surface area contributed by atoms with Crippen molar-refractivity contribution in [2.24, 2.45) is 0 Å². The number of halogens is 1. The molecule has 0 unspecified atom stereocenters. The second kappa shape index (κ2) is 8.40. The standard InChI is InChI=1S/C18H20FN3OS/c1-3-22(4-2)16-10-8-15(9-11-16)20-18(24)21-17(23)13-6-5-7-14(19)12-13/h5-12H,3-4H2,1-2H3,(H2,20,21,23,24). The van der Waals surface area contributed by atoms with Crippen molar-refractivity contribution < 1.29 is 9.18 Å². The molecule has 0 saturated heterocycles. The van der Waals surface area contributed by atoms with Crippen molar-refractivity contribution in [3.05, 3.63) is 59.9 Å². The molecule has 126 valence electrons. The Bertz CT molecular complexity index is 714. The van der Waals surface area contributed by atoms with E-state index in [4.69, 9.17) is 12.2 Å². The number of hydrogen-bond acceptors (Lipinski definition) is 3. The quantitative estimate of drug-likeness (QED) is 0.809. The first kappa shape index (κ1) is 17.9. The van der Waals surface area contributed by atoms with Gasteiger partial charge in [0.15, 0.2) is 5.11 Å². The summed E-state index contributed by atoms with van der Waals surface area (Å²) in [5.41, 5.74) is 2.12. The van der Waals surface area contributed by atoms with Gasteiger partial charge in [0, 0.05) is 30.0 Å². The lowest BCUT2D eigenvalue weighted by Gasteiger charge is -2.21. The molecule has 2 N–H and O–H groups in total. The number of thiocarbonyl (C=S) groups is 1. The van der Waals surface area contributed by atoms with Crippen molar-refractivity contribution >= 4 is 34.6 Å². The van der Waals surface area contributed by atoms with Gasteiger partial charge < -0.3 is 10.2 Å². The molecule has 0 atom stereocenters. The number of carbonyl (C=O) groups excluding carboxylic acids is 1. The fourth-order valence-corrected chi connectivity index (χ4v) is 2.52. The fourth-order valence-electron chi connectivity index (χ4n) is 2.31. The maximum atomic E-state index is 13.1. The van der Waals surface area contributed by atoms with E-state index in [2.05, 4.69) is 29.4 Å². The van der Waals surface area contributed by atoms with Crippen LogP contribution < -0.4 is 15.5 Å². The summed E-state index contributed by atoms with van der Waals surface area (Å²) in [5.74, 6) is -0.916. The van der Waals surface area contributed by atoms with Crippen molar-refractivity contribution in [3.63, 3.8) is 0 Å². The lowest BCUT2D eigenvalue weighted by atomic mass is 10.2. The fraction of sp³-hybridized carbons (Fsp3) is 0.222. The first-order chi connectivity index (χ1) is 11.5. The number of nitrogens with zero attached hydrogens (tertiary/aromatic N) is 1. The molecule has 6 heteroatoms. The van der Waals surface area contributed by atoms with Crippen LogP contribution >= 0.6 is 12.2 Å². The summed E-state index contributed by atoms with van der Waals surface area (Å²) < 4.78 is 13.1. The number of benzene rings is 2. The molecular formula is C18H20FN3OS. The van der Waals surface area contributed by atoms with Gasteiger partial charge in [0.05, 0.1) is 0 Å². The predicted molar refractivity (Wildman–Crippen MR) is 100 cm³/mol. The highest BCUT2D eigenvalue weighted by Gasteiger charge is 2.09. The third kappa shape index (κ3) is 4.76. The highest BCUT2D eigenvalue weighted by atomic mass is 32.1. The van der Waals surface area contributed by atoms with Gasteiger partial charge in [-0.25, -0.2) is 4.39 Å². The van der Waals surface area contributed by atoms with Crippen LogP contribution in [0.5, 0.6) is 0 Å². The molecule has 0 spiro atoms. The number of amides is 1. The molecule has 2 aromatic carbocycles. The van der Waals surface area contributed by atoms with E-state index in [-0.39, 0.29) is 10.7 Å². The van der Waals surface area contributed by atoms with Crippen molar-refractivity contribution in [3.8, 4) is 0 Å². The van der Waals surface area contributed by atoms with E-state index in [1.165, 1.54) is 18.2 Å². The Balaban J connectivity index is 1.96. The van der Waals surface area contributed by atoms with Crippen LogP contribution in [0.15, 0.2) is 48.5 Å². The second-order valence-electron chi connectivity index (χ2n) is 5.14. The maximum absolute atomic E-state index is 13.1. The summed E-state index contributed by atoms with van der Waals surface area (Å²) in [4.78, 5) is 14.2.